The molecule has 1 heterocycles. The zero-order valence-corrected chi connectivity index (χ0v) is 17.8. The van der Waals surface area contributed by atoms with E-state index in [9.17, 15) is 19.2 Å². The minimum atomic E-state index is -0.884. The smallest absolute Gasteiger partial charge is 0.326 e. The molecule has 30 heavy (non-hydrogen) atoms. The van der Waals surface area contributed by atoms with Crippen molar-refractivity contribution in [2.75, 3.05) is 13.2 Å². The molecule has 0 aromatic rings. The summed E-state index contributed by atoms with van der Waals surface area (Å²) < 4.78 is 5.29. The van der Waals surface area contributed by atoms with Gasteiger partial charge in [0.25, 0.3) is 5.91 Å². The molecule has 0 radical (unpaired) electrons. The van der Waals surface area contributed by atoms with Crippen molar-refractivity contribution in [2.24, 2.45) is 29.1 Å². The van der Waals surface area contributed by atoms with Crippen LogP contribution in [0, 0.1) is 29.1 Å². The molecule has 4 bridgehead atoms. The summed E-state index contributed by atoms with van der Waals surface area (Å²) in [5, 5.41) is 2.84. The molecule has 1 N–H and O–H groups in total. The Labute approximate surface area is 177 Å². The highest BCUT2D eigenvalue weighted by Crippen LogP contribution is 2.60. The molecule has 6 aliphatic rings. The van der Waals surface area contributed by atoms with Crippen molar-refractivity contribution in [1.29, 1.82) is 0 Å². The average molecular weight is 417 g/mol. The Kier molecular flexibility index (Phi) is 4.71. The fraction of sp³-hybridized carbons (Fsp3) is 0.826. The number of hydrogen-bond donors (Lipinski definition) is 1. The molecule has 164 valence electrons. The topological polar surface area (TPSA) is 92.8 Å². The summed E-state index contributed by atoms with van der Waals surface area (Å²) in [6, 6.07) is -0.530. The molecule has 2 atom stereocenters. The lowest BCUT2D eigenvalue weighted by molar-refractivity contribution is -0.158. The maximum absolute atomic E-state index is 13.0. The normalized spacial score (nSPS) is 42.0. The Hall–Kier alpha value is -1.92. The maximum atomic E-state index is 13.0. The van der Waals surface area contributed by atoms with Crippen molar-refractivity contribution < 1.29 is 23.9 Å². The van der Waals surface area contributed by atoms with Crippen LogP contribution in [0.2, 0.25) is 0 Å². The Bertz CT molecular complexity index is 757. The van der Waals surface area contributed by atoms with Gasteiger partial charge in [-0.25, -0.2) is 4.79 Å². The quantitative estimate of drug-likeness (QED) is 0.550. The summed E-state index contributed by atoms with van der Waals surface area (Å²) >= 11 is 0. The molecule has 3 amide bonds. The van der Waals surface area contributed by atoms with E-state index < -0.39 is 24.1 Å². The number of urea groups is 1. The first-order valence-electron chi connectivity index (χ1n) is 11.6. The van der Waals surface area contributed by atoms with Gasteiger partial charge in [0.1, 0.15) is 12.1 Å². The number of nitrogens with one attached hydrogen (secondary N) is 1. The third-order valence-electron chi connectivity index (χ3n) is 8.78. The molecular formula is C23H32N2O5. The molecule has 6 fully saturated rings. The van der Waals surface area contributed by atoms with Gasteiger partial charge >= 0.3 is 12.0 Å². The molecule has 6 rings (SSSR count). The number of Topliss-reactive ketones (excluding diaryl/α,β-unsaturated/α-hetero) is 1. The van der Waals surface area contributed by atoms with Crippen LogP contribution < -0.4 is 5.32 Å². The first-order valence-corrected chi connectivity index (χ1v) is 11.6. The third kappa shape index (κ3) is 3.07. The number of nitrogens with zero attached hydrogens (tertiary/aromatic N) is 1. The molecule has 1 saturated heterocycles. The second-order valence-corrected chi connectivity index (χ2v) is 10.7. The lowest BCUT2D eigenvalue weighted by Crippen LogP contribution is -2.54. The number of ketones is 1. The van der Waals surface area contributed by atoms with Gasteiger partial charge in [0, 0.05) is 5.41 Å². The van der Waals surface area contributed by atoms with Crippen LogP contribution in [-0.4, -0.2) is 47.3 Å². The van der Waals surface area contributed by atoms with Crippen molar-refractivity contribution >= 4 is 23.7 Å². The van der Waals surface area contributed by atoms with E-state index in [-0.39, 0.29) is 29.6 Å². The first-order chi connectivity index (χ1) is 14.3. The lowest BCUT2D eigenvalue weighted by atomic mass is 9.48. The minimum Gasteiger partial charge on any atom is -0.456 e. The van der Waals surface area contributed by atoms with E-state index in [4.69, 9.17) is 4.74 Å². The van der Waals surface area contributed by atoms with Gasteiger partial charge in [0.2, 0.25) is 0 Å². The summed E-state index contributed by atoms with van der Waals surface area (Å²) in [5.41, 5.74) is -1.19. The zero-order valence-electron chi connectivity index (χ0n) is 17.8. The Morgan fingerprint density at radius 1 is 1.07 bits per heavy atom. The molecule has 1 aliphatic heterocycles. The summed E-state index contributed by atoms with van der Waals surface area (Å²) in [5.74, 6) is 1.01. The lowest BCUT2D eigenvalue weighted by Gasteiger charge is -2.55. The minimum absolute atomic E-state index is 0.0320. The fourth-order valence-corrected chi connectivity index (χ4v) is 7.57. The summed E-state index contributed by atoms with van der Waals surface area (Å²) in [7, 11) is 0. The Balaban J connectivity index is 1.18. The van der Waals surface area contributed by atoms with Crippen molar-refractivity contribution in [3.05, 3.63) is 0 Å². The van der Waals surface area contributed by atoms with E-state index in [1.807, 2.05) is 6.92 Å². The van der Waals surface area contributed by atoms with Gasteiger partial charge in [-0.1, -0.05) is 19.8 Å². The molecule has 1 spiro atoms. The largest absolute Gasteiger partial charge is 0.456 e. The molecule has 5 aliphatic carbocycles. The van der Waals surface area contributed by atoms with Crippen molar-refractivity contribution in [3.63, 3.8) is 0 Å². The van der Waals surface area contributed by atoms with Crippen LogP contribution in [0.1, 0.15) is 71.1 Å². The van der Waals surface area contributed by atoms with E-state index in [1.165, 1.54) is 19.3 Å². The highest BCUT2D eigenvalue weighted by Gasteiger charge is 2.56. The zero-order chi connectivity index (χ0) is 21.1. The van der Waals surface area contributed by atoms with Crippen LogP contribution in [0.25, 0.3) is 0 Å². The van der Waals surface area contributed by atoms with Crippen molar-refractivity contribution in [1.82, 2.24) is 10.2 Å². The number of ether oxygens (including phenoxy) is 1. The molecule has 5 saturated carbocycles. The van der Waals surface area contributed by atoms with E-state index >= 15 is 0 Å². The average Bonchev–Trinajstić information content (AvgIpc) is 2.92. The van der Waals surface area contributed by atoms with Gasteiger partial charge in [-0.2, -0.15) is 0 Å². The number of imide groups is 1. The summed E-state index contributed by atoms with van der Waals surface area (Å²) in [4.78, 5) is 51.8. The number of carbonyl (C=O) groups is 4. The predicted molar refractivity (Wildman–Crippen MR) is 107 cm³/mol. The second kappa shape index (κ2) is 7.06. The summed E-state index contributed by atoms with van der Waals surface area (Å²) in [6.07, 6.45) is 9.96. The van der Waals surface area contributed by atoms with E-state index in [0.717, 1.165) is 43.4 Å². The highest BCUT2D eigenvalue weighted by molar-refractivity contribution is 6.09. The highest BCUT2D eigenvalue weighted by atomic mass is 16.5. The van der Waals surface area contributed by atoms with Gasteiger partial charge in [0.05, 0.1) is 0 Å². The van der Waals surface area contributed by atoms with Crippen LogP contribution >= 0.6 is 0 Å². The van der Waals surface area contributed by atoms with Gasteiger partial charge in [-0.05, 0) is 75.0 Å². The standard InChI is InChI=1S/C23H32N2O5/c1-14-4-2-3-5-23(14)20(28)25(21(29)24-23)12-19(27)30-13-18(26)22-9-15-6-16(10-22)8-17(7-15)11-22/h14-17H,2-13H2,1H3,(H,24,29)/t14-,15?,16?,17?,22?,23-/m1/s1. The van der Waals surface area contributed by atoms with Gasteiger partial charge in [-0.15, -0.1) is 0 Å². The number of amides is 3. The molecule has 7 nitrogen and oxygen atoms in total. The van der Waals surface area contributed by atoms with Crippen molar-refractivity contribution in [2.45, 2.75) is 76.7 Å². The monoisotopic (exact) mass is 416 g/mol. The van der Waals surface area contributed by atoms with Crippen LogP contribution in [0.5, 0.6) is 0 Å². The van der Waals surface area contributed by atoms with Crippen LogP contribution in [0.15, 0.2) is 0 Å². The number of rotatable bonds is 5. The SMILES string of the molecule is C[C@@H]1CCCC[C@@]12NC(=O)N(CC(=O)OCC(=O)C13CC4CC(CC(C4)C1)C3)C2=O. The molecular weight excluding hydrogens is 384 g/mol. The van der Waals surface area contributed by atoms with E-state index in [2.05, 4.69) is 5.32 Å². The molecule has 0 aromatic heterocycles. The predicted octanol–water partition coefficient (Wildman–Crippen LogP) is 2.82. The number of carbonyl (C=O) groups excluding carboxylic acids is 4. The van der Waals surface area contributed by atoms with Gasteiger partial charge < -0.3 is 10.1 Å². The van der Waals surface area contributed by atoms with E-state index in [0.29, 0.717) is 24.2 Å². The molecule has 0 aromatic carbocycles. The van der Waals surface area contributed by atoms with Gasteiger partial charge in [0.15, 0.2) is 12.4 Å². The Morgan fingerprint density at radius 3 is 2.30 bits per heavy atom. The summed E-state index contributed by atoms with van der Waals surface area (Å²) in [6.45, 7) is 1.31. The second-order valence-electron chi connectivity index (χ2n) is 10.7. The van der Waals surface area contributed by atoms with Crippen molar-refractivity contribution in [3.8, 4) is 0 Å². The van der Waals surface area contributed by atoms with Crippen LogP contribution in [0.3, 0.4) is 0 Å². The maximum Gasteiger partial charge on any atom is 0.326 e. The van der Waals surface area contributed by atoms with Crippen LogP contribution in [0.4, 0.5) is 4.79 Å². The first kappa shape index (κ1) is 20.0. The molecule has 7 heteroatoms. The number of esters is 1. The molecule has 0 unspecified atom stereocenters. The van der Waals surface area contributed by atoms with Gasteiger partial charge in [-0.3, -0.25) is 19.3 Å². The Morgan fingerprint density at radius 2 is 1.70 bits per heavy atom. The van der Waals surface area contributed by atoms with Crippen LogP contribution in [-0.2, 0) is 19.1 Å². The van der Waals surface area contributed by atoms with E-state index in [1.54, 1.807) is 0 Å². The number of hydrogen-bond acceptors (Lipinski definition) is 5. The fourth-order valence-electron chi connectivity index (χ4n) is 7.57. The third-order valence-corrected chi connectivity index (χ3v) is 8.78.